The zero-order chi connectivity index (χ0) is 13.7. The van der Waals surface area contributed by atoms with Gasteiger partial charge in [0.05, 0.1) is 0 Å². The first kappa shape index (κ1) is 14.8. The summed E-state index contributed by atoms with van der Waals surface area (Å²) in [4.78, 5) is 24.6. The highest BCUT2D eigenvalue weighted by Crippen LogP contribution is 2.15. The molecule has 0 saturated carbocycles. The molecule has 1 heterocycles. The number of hydrogen-bond donors (Lipinski definition) is 3. The lowest BCUT2D eigenvalue weighted by Gasteiger charge is -2.22. The molecule has 1 aliphatic heterocycles. The van der Waals surface area contributed by atoms with E-state index in [0.717, 1.165) is 6.42 Å². The minimum Gasteiger partial charge on any atom is -0.480 e. The number of likely N-dealkylation sites (tertiary alicyclic amines) is 1. The Hall–Kier alpha value is -1.30. The van der Waals surface area contributed by atoms with Gasteiger partial charge in [-0.3, -0.25) is 0 Å². The number of carboxylic acids is 1. The van der Waals surface area contributed by atoms with Crippen LogP contribution in [0.15, 0.2) is 0 Å². The van der Waals surface area contributed by atoms with Gasteiger partial charge in [-0.1, -0.05) is 13.8 Å². The number of hydrogen-bond acceptors (Lipinski definition) is 3. The highest BCUT2D eigenvalue weighted by atomic mass is 16.4. The van der Waals surface area contributed by atoms with Crippen molar-refractivity contribution in [2.75, 3.05) is 19.6 Å². The molecule has 1 saturated heterocycles. The van der Waals surface area contributed by atoms with Gasteiger partial charge >= 0.3 is 12.0 Å². The van der Waals surface area contributed by atoms with Gasteiger partial charge in [-0.25, -0.2) is 9.59 Å². The highest BCUT2D eigenvalue weighted by Gasteiger charge is 2.28. The second kappa shape index (κ2) is 6.58. The van der Waals surface area contributed by atoms with Crippen molar-refractivity contribution < 1.29 is 14.7 Å². The van der Waals surface area contributed by atoms with E-state index in [1.807, 2.05) is 13.8 Å². The lowest BCUT2D eigenvalue weighted by molar-refractivity contribution is -0.139. The van der Waals surface area contributed by atoms with Gasteiger partial charge < -0.3 is 21.1 Å². The molecular formula is C12H23N3O3. The average Bonchev–Trinajstić information content (AvgIpc) is 2.75. The number of amides is 2. The molecule has 6 heteroatoms. The van der Waals surface area contributed by atoms with E-state index in [2.05, 4.69) is 5.32 Å². The predicted molar refractivity (Wildman–Crippen MR) is 68.1 cm³/mol. The van der Waals surface area contributed by atoms with E-state index in [-0.39, 0.29) is 11.9 Å². The summed E-state index contributed by atoms with van der Waals surface area (Å²) in [6.07, 6.45) is 1.33. The van der Waals surface area contributed by atoms with E-state index in [9.17, 15) is 9.59 Å². The second-order valence-corrected chi connectivity index (χ2v) is 5.31. The Balaban J connectivity index is 2.49. The van der Waals surface area contributed by atoms with Crippen LogP contribution in [0.2, 0.25) is 0 Å². The Morgan fingerprint density at radius 2 is 2.17 bits per heavy atom. The Labute approximate surface area is 108 Å². The fourth-order valence-electron chi connectivity index (χ4n) is 2.14. The van der Waals surface area contributed by atoms with Gasteiger partial charge in [-0.05, 0) is 31.2 Å². The van der Waals surface area contributed by atoms with Crippen LogP contribution in [0, 0.1) is 11.8 Å². The van der Waals surface area contributed by atoms with Gasteiger partial charge in [0.15, 0.2) is 0 Å². The van der Waals surface area contributed by atoms with E-state index in [1.54, 1.807) is 4.90 Å². The number of nitrogens with zero attached hydrogens (tertiary/aromatic N) is 1. The van der Waals surface area contributed by atoms with Crippen molar-refractivity contribution in [3.05, 3.63) is 0 Å². The smallest absolute Gasteiger partial charge is 0.326 e. The Bertz CT molecular complexity index is 307. The first-order valence-electron chi connectivity index (χ1n) is 6.42. The standard InChI is InChI=1S/C12H23N3O3/c1-8(2)5-10(11(16)17)14-12(18)15-4-3-9(6-13)7-15/h8-10H,3-7,13H2,1-2H3,(H,14,18)(H,16,17)/t9?,10-/m1/s1. The van der Waals surface area contributed by atoms with Crippen molar-refractivity contribution in [2.45, 2.75) is 32.7 Å². The molecule has 0 bridgehead atoms. The lowest BCUT2D eigenvalue weighted by Crippen LogP contribution is -2.47. The van der Waals surface area contributed by atoms with Gasteiger partial charge in [0.25, 0.3) is 0 Å². The molecule has 0 aromatic heterocycles. The molecule has 1 unspecified atom stereocenters. The summed E-state index contributed by atoms with van der Waals surface area (Å²) >= 11 is 0. The van der Waals surface area contributed by atoms with Crippen LogP contribution in [-0.2, 0) is 4.79 Å². The SMILES string of the molecule is CC(C)C[C@@H](NC(=O)N1CCC(CN)C1)C(=O)O. The molecule has 104 valence electrons. The van der Waals surface area contributed by atoms with E-state index in [4.69, 9.17) is 10.8 Å². The van der Waals surface area contributed by atoms with Gasteiger partial charge in [-0.2, -0.15) is 0 Å². The van der Waals surface area contributed by atoms with Gasteiger partial charge in [0.2, 0.25) is 0 Å². The molecule has 0 spiro atoms. The minimum absolute atomic E-state index is 0.224. The van der Waals surface area contributed by atoms with Gasteiger partial charge in [0, 0.05) is 13.1 Å². The summed E-state index contributed by atoms with van der Waals surface area (Å²) in [6.45, 7) is 5.71. The van der Waals surface area contributed by atoms with Crippen molar-refractivity contribution in [1.82, 2.24) is 10.2 Å². The summed E-state index contributed by atoms with van der Waals surface area (Å²) < 4.78 is 0. The maximum absolute atomic E-state index is 11.9. The normalized spacial score (nSPS) is 21.1. The topological polar surface area (TPSA) is 95.7 Å². The third-order valence-corrected chi connectivity index (χ3v) is 3.21. The maximum Gasteiger partial charge on any atom is 0.326 e. The quantitative estimate of drug-likeness (QED) is 0.667. The first-order chi connectivity index (χ1) is 8.43. The number of nitrogens with two attached hydrogens (primary N) is 1. The first-order valence-corrected chi connectivity index (χ1v) is 6.42. The number of carbonyl (C=O) groups excluding carboxylic acids is 1. The Kier molecular flexibility index (Phi) is 5.40. The van der Waals surface area contributed by atoms with E-state index < -0.39 is 12.0 Å². The molecule has 2 amide bonds. The summed E-state index contributed by atoms with van der Waals surface area (Å²) in [5.74, 6) is -0.419. The molecule has 18 heavy (non-hydrogen) atoms. The van der Waals surface area contributed by atoms with Crippen molar-refractivity contribution in [3.63, 3.8) is 0 Å². The number of carboxylic acid groups (broad SMARTS) is 1. The Morgan fingerprint density at radius 1 is 1.50 bits per heavy atom. The van der Waals surface area contributed by atoms with Crippen LogP contribution >= 0.6 is 0 Å². The zero-order valence-electron chi connectivity index (χ0n) is 11.1. The third-order valence-electron chi connectivity index (χ3n) is 3.21. The number of rotatable bonds is 5. The molecule has 0 aromatic rings. The van der Waals surface area contributed by atoms with Crippen LogP contribution < -0.4 is 11.1 Å². The van der Waals surface area contributed by atoms with Crippen LogP contribution in [0.3, 0.4) is 0 Å². The van der Waals surface area contributed by atoms with Gasteiger partial charge in [-0.15, -0.1) is 0 Å². The fraction of sp³-hybridized carbons (Fsp3) is 0.833. The summed E-state index contributed by atoms with van der Waals surface area (Å²) in [7, 11) is 0. The summed E-state index contributed by atoms with van der Waals surface area (Å²) in [6, 6.07) is -1.10. The third kappa shape index (κ3) is 4.18. The van der Waals surface area contributed by atoms with E-state index in [0.29, 0.717) is 32.0 Å². The Morgan fingerprint density at radius 3 is 2.61 bits per heavy atom. The van der Waals surface area contributed by atoms with Crippen molar-refractivity contribution in [1.29, 1.82) is 0 Å². The largest absolute Gasteiger partial charge is 0.480 e. The summed E-state index contributed by atoms with van der Waals surface area (Å²) in [5.41, 5.74) is 5.56. The average molecular weight is 257 g/mol. The van der Waals surface area contributed by atoms with E-state index >= 15 is 0 Å². The lowest BCUT2D eigenvalue weighted by atomic mass is 10.0. The molecule has 2 atom stereocenters. The van der Waals surface area contributed by atoms with Crippen molar-refractivity contribution >= 4 is 12.0 Å². The highest BCUT2D eigenvalue weighted by molar-refractivity contribution is 5.82. The zero-order valence-corrected chi connectivity index (χ0v) is 11.1. The van der Waals surface area contributed by atoms with Crippen LogP contribution in [0.4, 0.5) is 4.79 Å². The minimum atomic E-state index is -0.980. The number of nitrogens with one attached hydrogen (secondary N) is 1. The molecular weight excluding hydrogens is 234 g/mol. The van der Waals surface area contributed by atoms with Crippen LogP contribution in [0.5, 0.6) is 0 Å². The summed E-state index contributed by atoms with van der Waals surface area (Å²) in [5, 5.41) is 11.6. The van der Waals surface area contributed by atoms with E-state index in [1.165, 1.54) is 0 Å². The van der Waals surface area contributed by atoms with Crippen LogP contribution in [0.1, 0.15) is 26.7 Å². The number of carbonyl (C=O) groups is 2. The molecule has 0 aliphatic carbocycles. The molecule has 4 N–H and O–H groups in total. The molecule has 6 nitrogen and oxygen atoms in total. The molecule has 0 aromatic carbocycles. The maximum atomic E-state index is 11.9. The molecule has 1 fully saturated rings. The molecule has 0 radical (unpaired) electrons. The number of urea groups is 1. The van der Waals surface area contributed by atoms with Crippen LogP contribution in [-0.4, -0.2) is 47.7 Å². The fourth-order valence-corrected chi connectivity index (χ4v) is 2.14. The van der Waals surface area contributed by atoms with Crippen molar-refractivity contribution in [3.8, 4) is 0 Å². The number of aliphatic carboxylic acids is 1. The van der Waals surface area contributed by atoms with Crippen molar-refractivity contribution in [2.24, 2.45) is 17.6 Å². The van der Waals surface area contributed by atoms with Crippen LogP contribution in [0.25, 0.3) is 0 Å². The predicted octanol–water partition coefficient (Wildman–Crippen LogP) is 0.476. The second-order valence-electron chi connectivity index (χ2n) is 5.31. The molecule has 1 aliphatic rings. The van der Waals surface area contributed by atoms with Gasteiger partial charge in [0.1, 0.15) is 6.04 Å². The molecule has 1 rings (SSSR count). The monoisotopic (exact) mass is 257 g/mol.